The summed E-state index contributed by atoms with van der Waals surface area (Å²) in [6.45, 7) is 9.11. The van der Waals surface area contributed by atoms with E-state index < -0.39 is 0 Å². The second-order valence-electron chi connectivity index (χ2n) is 7.37. The number of halogens is 2. The van der Waals surface area contributed by atoms with Gasteiger partial charge in [0.2, 0.25) is 0 Å². The first-order valence-electron chi connectivity index (χ1n) is 9.52. The molecule has 0 bridgehead atoms. The van der Waals surface area contributed by atoms with Crippen molar-refractivity contribution in [2.24, 2.45) is 4.99 Å². The Kier molecular flexibility index (Phi) is 11.7. The first kappa shape index (κ1) is 25.4. The highest BCUT2D eigenvalue weighted by Gasteiger charge is 2.32. The summed E-state index contributed by atoms with van der Waals surface area (Å²) in [6.07, 6.45) is 0.940. The van der Waals surface area contributed by atoms with Crippen LogP contribution in [0.1, 0.15) is 31.9 Å². The lowest BCUT2D eigenvalue weighted by atomic mass is 10.0. The average Bonchev–Trinajstić information content (AvgIpc) is 2.64. The zero-order valence-corrected chi connectivity index (χ0v) is 20.4. The lowest BCUT2D eigenvalue weighted by molar-refractivity contribution is -0.0971. The maximum absolute atomic E-state index is 6.09. The van der Waals surface area contributed by atoms with Gasteiger partial charge < -0.3 is 20.1 Å². The van der Waals surface area contributed by atoms with E-state index in [1.165, 1.54) is 5.56 Å². The Morgan fingerprint density at radius 3 is 2.64 bits per heavy atom. The summed E-state index contributed by atoms with van der Waals surface area (Å²) >= 11 is 6.09. The Morgan fingerprint density at radius 2 is 2.04 bits per heavy atom. The molecule has 160 valence electrons. The summed E-state index contributed by atoms with van der Waals surface area (Å²) in [5.74, 6) is 0.803. The number of morpholine rings is 1. The molecular weight excluding hydrogens is 491 g/mol. The normalized spacial score (nSPS) is 18.2. The lowest BCUT2D eigenvalue weighted by Gasteiger charge is -2.42. The first-order valence-corrected chi connectivity index (χ1v) is 9.90. The zero-order valence-electron chi connectivity index (χ0n) is 17.3. The number of hydrogen-bond acceptors (Lipinski definition) is 4. The number of guanidine groups is 1. The van der Waals surface area contributed by atoms with Crippen LogP contribution >= 0.6 is 35.6 Å². The molecule has 6 nitrogen and oxygen atoms in total. The third-order valence-electron chi connectivity index (χ3n) is 4.65. The Balaban J connectivity index is 0.00000392. The molecule has 0 spiro atoms. The Bertz CT molecular complexity index is 598. The number of nitrogens with one attached hydrogen (secondary N) is 2. The van der Waals surface area contributed by atoms with Gasteiger partial charge in [-0.2, -0.15) is 0 Å². The molecule has 8 heteroatoms. The number of hydrogen-bond donors (Lipinski definition) is 2. The third-order valence-corrected chi connectivity index (χ3v) is 4.91. The van der Waals surface area contributed by atoms with E-state index in [4.69, 9.17) is 21.1 Å². The third kappa shape index (κ3) is 8.41. The summed E-state index contributed by atoms with van der Waals surface area (Å²) in [6, 6.07) is 8.32. The van der Waals surface area contributed by atoms with Crippen LogP contribution in [0.25, 0.3) is 0 Å². The molecule has 0 aliphatic carbocycles. The van der Waals surface area contributed by atoms with Gasteiger partial charge in [-0.3, -0.25) is 9.89 Å². The van der Waals surface area contributed by atoms with E-state index in [0.29, 0.717) is 0 Å². The molecule has 0 saturated carbocycles. The van der Waals surface area contributed by atoms with Crippen molar-refractivity contribution in [2.75, 3.05) is 53.6 Å². The molecule has 1 aromatic rings. The molecule has 2 N–H and O–H groups in total. The number of rotatable bonds is 8. The summed E-state index contributed by atoms with van der Waals surface area (Å²) in [4.78, 5) is 6.80. The van der Waals surface area contributed by atoms with Crippen molar-refractivity contribution in [1.29, 1.82) is 0 Å². The van der Waals surface area contributed by atoms with Gasteiger partial charge in [0.1, 0.15) is 0 Å². The van der Waals surface area contributed by atoms with Gasteiger partial charge in [-0.1, -0.05) is 23.7 Å². The first-order chi connectivity index (χ1) is 12.9. The van der Waals surface area contributed by atoms with Crippen molar-refractivity contribution in [3.05, 3.63) is 34.9 Å². The van der Waals surface area contributed by atoms with Gasteiger partial charge >= 0.3 is 0 Å². The molecule has 1 unspecified atom stereocenters. The molecule has 2 rings (SSSR count). The summed E-state index contributed by atoms with van der Waals surface area (Å²) in [5.41, 5.74) is 1.09. The van der Waals surface area contributed by atoms with Crippen molar-refractivity contribution in [3.8, 4) is 0 Å². The number of benzene rings is 1. The molecule has 28 heavy (non-hydrogen) atoms. The van der Waals surface area contributed by atoms with Gasteiger partial charge in [0.25, 0.3) is 0 Å². The molecule has 0 aromatic heterocycles. The van der Waals surface area contributed by atoms with Gasteiger partial charge in [0, 0.05) is 52.0 Å². The second-order valence-corrected chi connectivity index (χ2v) is 7.81. The van der Waals surface area contributed by atoms with Gasteiger partial charge in [-0.15, -0.1) is 24.0 Å². The number of ether oxygens (including phenoxy) is 2. The van der Waals surface area contributed by atoms with Crippen LogP contribution in [0.15, 0.2) is 29.3 Å². The largest absolute Gasteiger partial charge is 0.385 e. The van der Waals surface area contributed by atoms with Crippen molar-refractivity contribution in [1.82, 2.24) is 15.5 Å². The summed E-state index contributed by atoms with van der Waals surface area (Å²) < 4.78 is 11.0. The molecule has 1 aliphatic heterocycles. The zero-order chi connectivity index (χ0) is 19.7. The van der Waals surface area contributed by atoms with Crippen molar-refractivity contribution >= 4 is 41.5 Å². The topological polar surface area (TPSA) is 58.1 Å². The van der Waals surface area contributed by atoms with Crippen LogP contribution in [0.2, 0.25) is 5.02 Å². The molecule has 0 radical (unpaired) electrons. The van der Waals surface area contributed by atoms with Gasteiger partial charge in [-0.25, -0.2) is 0 Å². The number of aliphatic imine (C=N–C) groups is 1. The highest BCUT2D eigenvalue weighted by molar-refractivity contribution is 14.0. The smallest absolute Gasteiger partial charge is 0.191 e. The van der Waals surface area contributed by atoms with Gasteiger partial charge in [0.15, 0.2) is 5.96 Å². The minimum Gasteiger partial charge on any atom is -0.385 e. The second kappa shape index (κ2) is 12.8. The predicted octanol–water partition coefficient (Wildman–Crippen LogP) is 3.31. The maximum Gasteiger partial charge on any atom is 0.191 e. The SMILES string of the molecule is CN=C(NCCCOC)NCC(c1ccc(Cl)cc1)N1CCOC(C)(C)C1.I. The van der Waals surface area contributed by atoms with E-state index in [2.05, 4.69) is 46.5 Å². The summed E-state index contributed by atoms with van der Waals surface area (Å²) in [7, 11) is 3.51. The highest BCUT2D eigenvalue weighted by atomic mass is 127. The number of nitrogens with zero attached hydrogens (tertiary/aromatic N) is 2. The molecular formula is C20H34ClIN4O2. The number of methoxy groups -OCH3 is 1. The van der Waals surface area contributed by atoms with Crippen LogP contribution in [-0.2, 0) is 9.47 Å². The quantitative estimate of drug-likeness (QED) is 0.237. The standard InChI is InChI=1S/C20H33ClN4O2.HI/c1-20(2)15-25(11-13-27-20)18(16-6-8-17(21)9-7-16)14-24-19(22-3)23-10-5-12-26-4;/h6-9,18H,5,10-15H2,1-4H3,(H2,22,23,24);1H. The van der Waals surface area contributed by atoms with E-state index in [0.717, 1.165) is 56.8 Å². The Hall–Kier alpha value is -0.610. The molecule has 0 amide bonds. The van der Waals surface area contributed by atoms with Gasteiger partial charge in [0.05, 0.1) is 18.2 Å². The van der Waals surface area contributed by atoms with Crippen LogP contribution < -0.4 is 10.6 Å². The fraction of sp³-hybridized carbons (Fsp3) is 0.650. The van der Waals surface area contributed by atoms with Gasteiger partial charge in [-0.05, 0) is 38.0 Å². The molecule has 1 aromatic carbocycles. The fourth-order valence-electron chi connectivity index (χ4n) is 3.30. The predicted molar refractivity (Wildman–Crippen MR) is 127 cm³/mol. The van der Waals surface area contributed by atoms with E-state index in [1.54, 1.807) is 14.2 Å². The maximum atomic E-state index is 6.09. The Labute approximate surface area is 191 Å². The van der Waals surface area contributed by atoms with Crippen LogP contribution in [-0.4, -0.2) is 70.0 Å². The highest BCUT2D eigenvalue weighted by Crippen LogP contribution is 2.27. The van der Waals surface area contributed by atoms with E-state index in [-0.39, 0.29) is 35.6 Å². The van der Waals surface area contributed by atoms with Crippen LogP contribution in [0.5, 0.6) is 0 Å². The lowest BCUT2D eigenvalue weighted by Crippen LogP contribution is -2.52. The van der Waals surface area contributed by atoms with Crippen LogP contribution in [0.4, 0.5) is 0 Å². The van der Waals surface area contributed by atoms with E-state index >= 15 is 0 Å². The fourth-order valence-corrected chi connectivity index (χ4v) is 3.42. The van der Waals surface area contributed by atoms with Crippen molar-refractivity contribution in [3.63, 3.8) is 0 Å². The van der Waals surface area contributed by atoms with Crippen molar-refractivity contribution < 1.29 is 9.47 Å². The van der Waals surface area contributed by atoms with Crippen molar-refractivity contribution in [2.45, 2.75) is 31.9 Å². The minimum absolute atomic E-state index is 0. The summed E-state index contributed by atoms with van der Waals surface area (Å²) in [5, 5.41) is 7.55. The van der Waals surface area contributed by atoms with E-state index in [9.17, 15) is 0 Å². The van der Waals surface area contributed by atoms with Crippen LogP contribution in [0.3, 0.4) is 0 Å². The van der Waals surface area contributed by atoms with Crippen LogP contribution in [0, 0.1) is 0 Å². The Morgan fingerprint density at radius 1 is 1.32 bits per heavy atom. The molecule has 1 fully saturated rings. The van der Waals surface area contributed by atoms with E-state index in [1.807, 2.05) is 12.1 Å². The molecule has 1 aliphatic rings. The average molecular weight is 525 g/mol. The minimum atomic E-state index is -0.150. The molecule has 1 saturated heterocycles. The molecule has 1 heterocycles. The molecule has 1 atom stereocenters. The monoisotopic (exact) mass is 524 g/mol.